The molecule has 0 radical (unpaired) electrons. The van der Waals surface area contributed by atoms with Gasteiger partial charge in [-0.1, -0.05) is 13.8 Å². The first-order chi connectivity index (χ1) is 8.61. The van der Waals surface area contributed by atoms with Crippen LogP contribution in [0.1, 0.15) is 39.5 Å². The lowest BCUT2D eigenvalue weighted by Gasteiger charge is -2.28. The van der Waals surface area contributed by atoms with E-state index in [4.69, 9.17) is 4.74 Å². The minimum Gasteiger partial charge on any atom is -0.395 e. The Labute approximate surface area is 112 Å². The Balaban J connectivity index is 2.16. The molecule has 4 nitrogen and oxygen atoms in total. The topological polar surface area (TPSA) is 44.7 Å². The predicted molar refractivity (Wildman–Crippen MR) is 74.9 cm³/mol. The van der Waals surface area contributed by atoms with E-state index >= 15 is 0 Å². The van der Waals surface area contributed by atoms with E-state index in [2.05, 4.69) is 31.1 Å². The third-order valence-electron chi connectivity index (χ3n) is 3.44. The van der Waals surface area contributed by atoms with Crippen LogP contribution in [-0.4, -0.2) is 61.5 Å². The number of hydrogen-bond acceptors (Lipinski definition) is 4. The van der Waals surface area contributed by atoms with Crippen LogP contribution in [0, 0.1) is 0 Å². The highest BCUT2D eigenvalue weighted by atomic mass is 16.5. The number of nitrogens with one attached hydrogen (secondary N) is 1. The number of hydrogen-bond donors (Lipinski definition) is 2. The molecule has 0 spiro atoms. The van der Waals surface area contributed by atoms with Gasteiger partial charge in [-0.3, -0.25) is 0 Å². The van der Waals surface area contributed by atoms with Gasteiger partial charge >= 0.3 is 0 Å². The zero-order valence-corrected chi connectivity index (χ0v) is 12.2. The van der Waals surface area contributed by atoms with Crippen LogP contribution < -0.4 is 5.32 Å². The van der Waals surface area contributed by atoms with Crippen LogP contribution >= 0.6 is 0 Å². The molecule has 2 atom stereocenters. The molecule has 1 aliphatic heterocycles. The SMILES string of the molecule is CC(C)NC(CO)CCN(C)CC1CCCCO1. The second-order valence-corrected chi connectivity index (χ2v) is 5.74. The van der Waals surface area contributed by atoms with Crippen molar-refractivity contribution in [3.05, 3.63) is 0 Å². The Hall–Kier alpha value is -0.160. The number of aliphatic hydroxyl groups excluding tert-OH is 1. The van der Waals surface area contributed by atoms with E-state index in [1.165, 1.54) is 19.3 Å². The van der Waals surface area contributed by atoms with E-state index in [1.54, 1.807) is 0 Å². The summed E-state index contributed by atoms with van der Waals surface area (Å²) in [7, 11) is 2.14. The van der Waals surface area contributed by atoms with E-state index in [1.807, 2.05) is 0 Å². The molecule has 0 amide bonds. The van der Waals surface area contributed by atoms with Crippen molar-refractivity contribution in [1.82, 2.24) is 10.2 Å². The highest BCUT2D eigenvalue weighted by Crippen LogP contribution is 2.13. The zero-order chi connectivity index (χ0) is 13.4. The lowest BCUT2D eigenvalue weighted by atomic mass is 10.1. The van der Waals surface area contributed by atoms with Crippen LogP contribution in [0.3, 0.4) is 0 Å². The van der Waals surface area contributed by atoms with Gasteiger partial charge in [0.25, 0.3) is 0 Å². The van der Waals surface area contributed by atoms with Crippen LogP contribution in [0.5, 0.6) is 0 Å². The highest BCUT2D eigenvalue weighted by molar-refractivity contribution is 4.72. The smallest absolute Gasteiger partial charge is 0.0701 e. The van der Waals surface area contributed by atoms with Crippen molar-refractivity contribution in [2.45, 2.75) is 57.7 Å². The number of likely N-dealkylation sites (N-methyl/N-ethyl adjacent to an activating group) is 1. The normalized spacial score (nSPS) is 22.7. The molecule has 1 saturated heterocycles. The zero-order valence-electron chi connectivity index (χ0n) is 12.2. The quantitative estimate of drug-likeness (QED) is 0.687. The Morgan fingerprint density at radius 3 is 2.72 bits per heavy atom. The van der Waals surface area contributed by atoms with Gasteiger partial charge in [-0.2, -0.15) is 0 Å². The molecular weight excluding hydrogens is 228 g/mol. The van der Waals surface area contributed by atoms with Crippen molar-refractivity contribution in [3.63, 3.8) is 0 Å². The van der Waals surface area contributed by atoms with Crippen molar-refractivity contribution in [1.29, 1.82) is 0 Å². The maximum atomic E-state index is 9.30. The van der Waals surface area contributed by atoms with E-state index in [0.29, 0.717) is 12.1 Å². The summed E-state index contributed by atoms with van der Waals surface area (Å²) < 4.78 is 5.74. The van der Waals surface area contributed by atoms with Gasteiger partial charge in [-0.05, 0) is 39.3 Å². The summed E-state index contributed by atoms with van der Waals surface area (Å²) in [5.41, 5.74) is 0. The van der Waals surface area contributed by atoms with Gasteiger partial charge in [0, 0.05) is 25.2 Å². The van der Waals surface area contributed by atoms with Crippen molar-refractivity contribution in [2.75, 3.05) is 33.4 Å². The van der Waals surface area contributed by atoms with E-state index in [-0.39, 0.29) is 12.6 Å². The molecule has 0 aromatic carbocycles. The van der Waals surface area contributed by atoms with Gasteiger partial charge in [0.1, 0.15) is 0 Å². The standard InChI is InChI=1S/C14H30N2O2/c1-12(2)15-13(11-17)7-8-16(3)10-14-6-4-5-9-18-14/h12-15,17H,4-11H2,1-3H3. The fourth-order valence-electron chi connectivity index (χ4n) is 2.47. The maximum absolute atomic E-state index is 9.30. The second-order valence-electron chi connectivity index (χ2n) is 5.74. The predicted octanol–water partition coefficient (Wildman–Crippen LogP) is 1.24. The molecular formula is C14H30N2O2. The number of aliphatic hydroxyl groups is 1. The van der Waals surface area contributed by atoms with Gasteiger partial charge in [-0.25, -0.2) is 0 Å². The van der Waals surface area contributed by atoms with Crippen LogP contribution in [-0.2, 0) is 4.74 Å². The van der Waals surface area contributed by atoms with Gasteiger partial charge in [0.05, 0.1) is 12.7 Å². The first kappa shape index (κ1) is 15.9. The van der Waals surface area contributed by atoms with Crippen LogP contribution in [0.4, 0.5) is 0 Å². The molecule has 1 rings (SSSR count). The van der Waals surface area contributed by atoms with Crippen molar-refractivity contribution < 1.29 is 9.84 Å². The Kier molecular flexibility index (Phi) is 7.82. The lowest BCUT2D eigenvalue weighted by molar-refractivity contribution is -0.00211. The fourth-order valence-corrected chi connectivity index (χ4v) is 2.47. The maximum Gasteiger partial charge on any atom is 0.0701 e. The molecule has 0 bridgehead atoms. The summed E-state index contributed by atoms with van der Waals surface area (Å²) >= 11 is 0. The number of rotatable bonds is 8. The van der Waals surface area contributed by atoms with Crippen molar-refractivity contribution in [2.24, 2.45) is 0 Å². The molecule has 1 heterocycles. The molecule has 4 heteroatoms. The monoisotopic (exact) mass is 258 g/mol. The highest BCUT2D eigenvalue weighted by Gasteiger charge is 2.16. The molecule has 108 valence electrons. The van der Waals surface area contributed by atoms with Crippen molar-refractivity contribution >= 4 is 0 Å². The molecule has 18 heavy (non-hydrogen) atoms. The first-order valence-corrected chi connectivity index (χ1v) is 7.29. The average molecular weight is 258 g/mol. The van der Waals surface area contributed by atoms with E-state index < -0.39 is 0 Å². The summed E-state index contributed by atoms with van der Waals surface area (Å²) in [6.07, 6.45) is 5.10. The van der Waals surface area contributed by atoms with Gasteiger partial charge in [-0.15, -0.1) is 0 Å². The fraction of sp³-hybridized carbons (Fsp3) is 1.00. The summed E-state index contributed by atoms with van der Waals surface area (Å²) in [6, 6.07) is 0.633. The molecule has 2 N–H and O–H groups in total. The summed E-state index contributed by atoms with van der Waals surface area (Å²) in [5.74, 6) is 0. The van der Waals surface area contributed by atoms with Crippen molar-refractivity contribution in [3.8, 4) is 0 Å². The molecule has 0 aromatic rings. The molecule has 1 fully saturated rings. The second kappa shape index (κ2) is 8.86. The summed E-state index contributed by atoms with van der Waals surface area (Å²) in [5, 5.41) is 12.7. The Morgan fingerprint density at radius 1 is 1.39 bits per heavy atom. The van der Waals surface area contributed by atoms with Crippen LogP contribution in [0.25, 0.3) is 0 Å². The van der Waals surface area contributed by atoms with Gasteiger partial charge in [0.2, 0.25) is 0 Å². The van der Waals surface area contributed by atoms with E-state index in [9.17, 15) is 5.11 Å². The van der Waals surface area contributed by atoms with Gasteiger partial charge < -0.3 is 20.1 Å². The Morgan fingerprint density at radius 2 is 2.17 bits per heavy atom. The van der Waals surface area contributed by atoms with Crippen LogP contribution in [0.2, 0.25) is 0 Å². The Bertz CT molecular complexity index is 206. The lowest BCUT2D eigenvalue weighted by Crippen LogP contribution is -2.41. The van der Waals surface area contributed by atoms with Crippen LogP contribution in [0.15, 0.2) is 0 Å². The molecule has 0 saturated carbocycles. The minimum atomic E-state index is 0.208. The first-order valence-electron chi connectivity index (χ1n) is 7.29. The molecule has 1 aliphatic rings. The largest absolute Gasteiger partial charge is 0.395 e. The number of ether oxygens (including phenoxy) is 1. The van der Waals surface area contributed by atoms with E-state index in [0.717, 1.165) is 26.1 Å². The third kappa shape index (κ3) is 6.69. The number of nitrogens with zero attached hydrogens (tertiary/aromatic N) is 1. The summed E-state index contributed by atoms with van der Waals surface area (Å²) in [6.45, 7) is 7.38. The minimum absolute atomic E-state index is 0.208. The summed E-state index contributed by atoms with van der Waals surface area (Å²) in [4.78, 5) is 2.32. The average Bonchev–Trinajstić information content (AvgIpc) is 2.35. The molecule has 0 aromatic heterocycles. The molecule has 2 unspecified atom stereocenters. The third-order valence-corrected chi connectivity index (χ3v) is 3.44. The van der Waals surface area contributed by atoms with Gasteiger partial charge in [0.15, 0.2) is 0 Å². The molecule has 0 aliphatic carbocycles.